The molecule has 5 atom stereocenters. The van der Waals surface area contributed by atoms with E-state index in [0.717, 1.165) is 16.8 Å². The fraction of sp³-hybridized carbons (Fsp3) is 0.476. The molecule has 1 aliphatic heterocycles. The molecule has 1 saturated heterocycles. The van der Waals surface area contributed by atoms with E-state index in [9.17, 15) is 19.5 Å². The quantitative estimate of drug-likeness (QED) is 0.217. The number of esters is 1. The number of para-hydroxylation sites is 1. The monoisotopic (exact) mass is 581 g/mol. The first-order valence-electron chi connectivity index (χ1n) is 10.8. The molecule has 198 valence electrons. The van der Waals surface area contributed by atoms with Crippen molar-refractivity contribution >= 4 is 47.6 Å². The molecule has 0 bridgehead atoms. The third-order valence-corrected chi connectivity index (χ3v) is 8.24. The van der Waals surface area contributed by atoms with Crippen LogP contribution >= 0.6 is 29.8 Å². The first-order valence-corrected chi connectivity index (χ1v) is 14.2. The molecular weight excluding hydrogens is 556 g/mol. The van der Waals surface area contributed by atoms with Crippen LogP contribution in [0.4, 0.5) is 0 Å². The van der Waals surface area contributed by atoms with E-state index in [4.69, 9.17) is 53.5 Å². The Bertz CT molecular complexity index is 1230. The SMILES string of the molecule is CC(C)OC(=O)[C@@H](C)N[P@@](=S)(OC[C@H]1O[C@@H](n2ccc(=O)[nH]c2=O)C(Cl)(Cl)[C@@H]1O)Oc1ccccc1. The average molecular weight is 582 g/mol. The van der Waals surface area contributed by atoms with Gasteiger partial charge in [0.25, 0.3) is 5.56 Å². The number of aliphatic hydroxyl groups is 1. The van der Waals surface area contributed by atoms with Crippen LogP contribution in [-0.4, -0.2) is 55.9 Å². The van der Waals surface area contributed by atoms with Gasteiger partial charge in [0.1, 0.15) is 24.0 Å². The Hall–Kier alpha value is -1.76. The molecule has 1 aromatic carbocycles. The molecule has 0 aliphatic carbocycles. The van der Waals surface area contributed by atoms with Crippen LogP contribution in [0.15, 0.2) is 52.2 Å². The second kappa shape index (κ2) is 11.7. The number of hydrogen-bond donors (Lipinski definition) is 3. The van der Waals surface area contributed by atoms with Gasteiger partial charge in [-0.05, 0) is 44.7 Å². The number of nitrogens with one attached hydrogen (secondary N) is 2. The van der Waals surface area contributed by atoms with Gasteiger partial charge in [-0.3, -0.25) is 19.1 Å². The molecule has 0 spiro atoms. The molecule has 1 aromatic heterocycles. The van der Waals surface area contributed by atoms with Crippen LogP contribution in [0.25, 0.3) is 0 Å². The standard InChI is InChI=1S/C21H26Cl2N3O8PS/c1-12(2)32-18(29)13(3)25-35(36,34-14-7-5-4-6-8-14)31-11-15-17(28)21(22,23)19(33-15)26-10-9-16(27)24-20(26)30/h4-10,12-13,15,17,19,28H,11H2,1-3H3,(H,25,36)(H,24,27,30)/t13-,15-,17-,19-,35-/m1/s1. The summed E-state index contributed by atoms with van der Waals surface area (Å²) in [6, 6.07) is 8.77. The molecular formula is C21H26Cl2N3O8PS. The topological polar surface area (TPSA) is 141 Å². The van der Waals surface area contributed by atoms with Gasteiger partial charge in [-0.1, -0.05) is 41.4 Å². The van der Waals surface area contributed by atoms with Crippen molar-refractivity contribution in [2.24, 2.45) is 0 Å². The fourth-order valence-corrected chi connectivity index (χ4v) is 6.24. The van der Waals surface area contributed by atoms with Gasteiger partial charge in [-0.2, -0.15) is 0 Å². The zero-order valence-electron chi connectivity index (χ0n) is 19.5. The number of carbonyl (C=O) groups excluding carboxylic acids is 1. The van der Waals surface area contributed by atoms with Gasteiger partial charge >= 0.3 is 18.3 Å². The van der Waals surface area contributed by atoms with Crippen LogP contribution in [0, 0.1) is 0 Å². The summed E-state index contributed by atoms with van der Waals surface area (Å²) in [6.07, 6.45) is -3.22. The second-order valence-electron chi connectivity index (χ2n) is 8.20. The van der Waals surface area contributed by atoms with Gasteiger partial charge in [0.05, 0.1) is 12.7 Å². The van der Waals surface area contributed by atoms with Crippen LogP contribution in [0.5, 0.6) is 5.75 Å². The lowest BCUT2D eigenvalue weighted by atomic mass is 10.2. The first kappa shape index (κ1) is 28.8. The molecule has 0 amide bonds. The molecule has 0 saturated carbocycles. The largest absolute Gasteiger partial charge is 0.462 e. The number of hydrogen-bond acceptors (Lipinski definition) is 9. The minimum atomic E-state index is -3.43. The van der Waals surface area contributed by atoms with E-state index in [1.165, 1.54) is 0 Å². The van der Waals surface area contributed by atoms with E-state index in [1.807, 2.05) is 0 Å². The van der Waals surface area contributed by atoms with Crippen molar-refractivity contribution in [3.8, 4) is 5.75 Å². The lowest BCUT2D eigenvalue weighted by molar-refractivity contribution is -0.149. The Labute approximate surface area is 221 Å². The predicted octanol–water partition coefficient (Wildman–Crippen LogP) is 2.22. The van der Waals surface area contributed by atoms with Crippen molar-refractivity contribution in [1.82, 2.24) is 14.6 Å². The van der Waals surface area contributed by atoms with Crippen molar-refractivity contribution in [2.75, 3.05) is 6.61 Å². The van der Waals surface area contributed by atoms with Crippen LogP contribution in [0.1, 0.15) is 27.0 Å². The summed E-state index contributed by atoms with van der Waals surface area (Å²) in [6.45, 7) is 1.18. The Morgan fingerprint density at radius 3 is 2.56 bits per heavy atom. The Kier molecular flexibility index (Phi) is 9.40. The smallest absolute Gasteiger partial charge is 0.330 e. The number of alkyl halides is 2. The number of halogens is 2. The summed E-state index contributed by atoms with van der Waals surface area (Å²) in [5, 5.41) is 13.6. The second-order valence-corrected chi connectivity index (χ2v) is 12.8. The van der Waals surface area contributed by atoms with Gasteiger partial charge < -0.3 is 23.6 Å². The van der Waals surface area contributed by atoms with Gasteiger partial charge in [0.15, 0.2) is 10.6 Å². The van der Waals surface area contributed by atoms with Crippen LogP contribution in [0.2, 0.25) is 0 Å². The maximum atomic E-state index is 12.4. The highest BCUT2D eigenvalue weighted by atomic mass is 35.5. The molecule has 3 N–H and O–H groups in total. The summed E-state index contributed by atoms with van der Waals surface area (Å²) in [7, 11) is 0. The van der Waals surface area contributed by atoms with Crippen LogP contribution in [0.3, 0.4) is 0 Å². The van der Waals surface area contributed by atoms with Gasteiger partial charge in [-0.15, -0.1) is 0 Å². The molecule has 2 aromatic rings. The molecule has 11 nitrogen and oxygen atoms in total. The number of benzene rings is 1. The predicted molar refractivity (Wildman–Crippen MR) is 137 cm³/mol. The number of aromatic amines is 1. The zero-order chi connectivity index (χ0) is 26.7. The summed E-state index contributed by atoms with van der Waals surface area (Å²) in [5.41, 5.74) is -1.46. The summed E-state index contributed by atoms with van der Waals surface area (Å²) in [5.74, 6) is -0.179. The highest BCUT2D eigenvalue weighted by Gasteiger charge is 2.56. The summed E-state index contributed by atoms with van der Waals surface area (Å²) < 4.78 is 21.7. The third-order valence-electron chi connectivity index (χ3n) is 4.92. The summed E-state index contributed by atoms with van der Waals surface area (Å²) >= 11 is 18.3. The maximum Gasteiger partial charge on any atom is 0.330 e. The average Bonchev–Trinajstić information content (AvgIpc) is 3.01. The number of aromatic nitrogens is 2. The number of rotatable bonds is 10. The highest BCUT2D eigenvalue weighted by Crippen LogP contribution is 2.49. The van der Waals surface area contributed by atoms with E-state index in [-0.39, 0.29) is 12.7 Å². The molecule has 36 heavy (non-hydrogen) atoms. The van der Waals surface area contributed by atoms with Gasteiger partial charge in [0, 0.05) is 12.3 Å². The van der Waals surface area contributed by atoms with Crippen LogP contribution < -0.4 is 20.9 Å². The fourth-order valence-electron chi connectivity index (χ4n) is 3.22. The van der Waals surface area contributed by atoms with Gasteiger partial charge in [0.2, 0.25) is 0 Å². The van der Waals surface area contributed by atoms with E-state index in [2.05, 4.69) is 10.1 Å². The number of nitrogens with zero attached hydrogens (tertiary/aromatic N) is 1. The number of carbonyl (C=O) groups is 1. The summed E-state index contributed by atoms with van der Waals surface area (Å²) in [4.78, 5) is 38.0. The molecule has 3 rings (SSSR count). The highest BCUT2D eigenvalue weighted by molar-refractivity contribution is 8.09. The van der Waals surface area contributed by atoms with Crippen molar-refractivity contribution < 1.29 is 28.4 Å². The van der Waals surface area contributed by atoms with Crippen LogP contribution in [-0.2, 0) is 30.6 Å². The molecule has 2 heterocycles. The lowest BCUT2D eigenvalue weighted by Crippen LogP contribution is -2.41. The minimum Gasteiger partial charge on any atom is -0.462 e. The van der Waals surface area contributed by atoms with Crippen molar-refractivity contribution in [2.45, 2.75) is 55.7 Å². The number of H-pyrrole nitrogens is 1. The molecule has 15 heteroatoms. The minimum absolute atomic E-state index is 0.341. The van der Waals surface area contributed by atoms with Gasteiger partial charge in [-0.25, -0.2) is 9.88 Å². The number of ether oxygens (including phenoxy) is 2. The van der Waals surface area contributed by atoms with Crippen molar-refractivity contribution in [3.63, 3.8) is 0 Å². The lowest BCUT2D eigenvalue weighted by Gasteiger charge is -2.28. The molecule has 0 unspecified atom stereocenters. The van der Waals surface area contributed by atoms with Crippen molar-refractivity contribution in [1.29, 1.82) is 0 Å². The van der Waals surface area contributed by atoms with E-state index in [0.29, 0.717) is 5.75 Å². The maximum absolute atomic E-state index is 12.4. The van der Waals surface area contributed by atoms with E-state index >= 15 is 0 Å². The third kappa shape index (κ3) is 6.96. The Morgan fingerprint density at radius 2 is 1.94 bits per heavy atom. The zero-order valence-corrected chi connectivity index (χ0v) is 22.7. The number of aliphatic hydroxyl groups excluding tert-OH is 1. The van der Waals surface area contributed by atoms with E-state index in [1.54, 1.807) is 51.1 Å². The first-order chi connectivity index (χ1) is 16.8. The normalized spacial score (nSPS) is 23.7. The molecule has 1 aliphatic rings. The Balaban J connectivity index is 1.80. The van der Waals surface area contributed by atoms with Crippen molar-refractivity contribution in [3.05, 3.63) is 63.4 Å². The Morgan fingerprint density at radius 1 is 1.28 bits per heavy atom. The molecule has 1 fully saturated rings. The molecule has 0 radical (unpaired) electrons. The van der Waals surface area contributed by atoms with E-state index < -0.39 is 52.7 Å².